The van der Waals surface area contributed by atoms with Crippen LogP contribution in [0.2, 0.25) is 0 Å². The van der Waals surface area contributed by atoms with E-state index in [2.05, 4.69) is 24.8 Å². The number of sulfonamides is 1. The average Bonchev–Trinajstić information content (AvgIpc) is 3.01. The van der Waals surface area contributed by atoms with Crippen molar-refractivity contribution < 1.29 is 13.2 Å². The van der Waals surface area contributed by atoms with Crippen LogP contribution in [0.3, 0.4) is 0 Å². The summed E-state index contributed by atoms with van der Waals surface area (Å²) in [5, 5.41) is 0.614. The first-order chi connectivity index (χ1) is 13.1. The smallest absolute Gasteiger partial charge is 0.244 e. The molecule has 28 heavy (non-hydrogen) atoms. The van der Waals surface area contributed by atoms with Gasteiger partial charge >= 0.3 is 0 Å². The van der Waals surface area contributed by atoms with Crippen molar-refractivity contribution in [1.29, 1.82) is 0 Å². The first-order valence-electron chi connectivity index (χ1n) is 9.38. The third-order valence-corrected chi connectivity index (χ3v) is 7.29. The molecule has 0 aliphatic heterocycles. The van der Waals surface area contributed by atoms with Crippen molar-refractivity contribution in [2.45, 2.75) is 27.7 Å². The van der Waals surface area contributed by atoms with E-state index in [0.717, 1.165) is 45.0 Å². The average molecular weight is 427 g/mol. The van der Waals surface area contributed by atoms with Gasteiger partial charge in [0.15, 0.2) is 5.13 Å². The molecule has 2 aromatic rings. The lowest BCUT2D eigenvalue weighted by Gasteiger charge is -2.26. The first-order valence-corrected chi connectivity index (χ1v) is 12.0. The minimum Gasteiger partial charge on any atom is -0.302 e. The van der Waals surface area contributed by atoms with Gasteiger partial charge in [-0.15, -0.1) is 0 Å². The van der Waals surface area contributed by atoms with Crippen molar-refractivity contribution >= 4 is 42.6 Å². The largest absolute Gasteiger partial charge is 0.302 e. The molecule has 7 nitrogen and oxygen atoms in total. The van der Waals surface area contributed by atoms with Gasteiger partial charge in [-0.3, -0.25) is 9.69 Å². The Morgan fingerprint density at radius 1 is 1.14 bits per heavy atom. The fourth-order valence-electron chi connectivity index (χ4n) is 2.98. The zero-order valence-corrected chi connectivity index (χ0v) is 19.2. The van der Waals surface area contributed by atoms with Crippen LogP contribution < -0.4 is 4.90 Å². The van der Waals surface area contributed by atoms with Gasteiger partial charge in [0.1, 0.15) is 0 Å². The summed E-state index contributed by atoms with van der Waals surface area (Å²) in [7, 11) is -2.01. The molecule has 0 spiro atoms. The van der Waals surface area contributed by atoms with Crippen molar-refractivity contribution in [2.24, 2.45) is 0 Å². The molecule has 2 rings (SSSR count). The second-order valence-electron chi connectivity index (χ2n) is 7.02. The van der Waals surface area contributed by atoms with Crippen LogP contribution in [0.5, 0.6) is 0 Å². The SMILES string of the molecule is CCN(CC)CCN(C(=O)CN(C)S(C)(=O)=O)c1nc2cc(C)cc(C)c2s1. The van der Waals surface area contributed by atoms with Gasteiger partial charge in [-0.25, -0.2) is 13.4 Å². The maximum atomic E-state index is 13.0. The minimum absolute atomic E-state index is 0.203. The van der Waals surface area contributed by atoms with Gasteiger partial charge in [-0.05, 0) is 44.1 Å². The predicted molar refractivity (Wildman–Crippen MR) is 117 cm³/mol. The quantitative estimate of drug-likeness (QED) is 0.616. The Kier molecular flexibility index (Phi) is 7.55. The standard InChI is InChI=1S/C19H30N4O3S2/c1-7-22(8-2)9-10-23(17(24)13-21(5)28(6,25)26)19-20-16-12-14(3)11-15(4)18(16)27-19/h11-12H,7-10,13H2,1-6H3. The molecule has 0 saturated carbocycles. The molecule has 0 aliphatic carbocycles. The van der Waals surface area contributed by atoms with Crippen molar-refractivity contribution in [2.75, 3.05) is 50.9 Å². The van der Waals surface area contributed by atoms with Crippen LogP contribution in [0.25, 0.3) is 10.2 Å². The van der Waals surface area contributed by atoms with Gasteiger partial charge < -0.3 is 4.90 Å². The molecule has 1 heterocycles. The van der Waals surface area contributed by atoms with Crippen LogP contribution in [0.1, 0.15) is 25.0 Å². The molecule has 1 aromatic carbocycles. The molecule has 0 N–H and O–H groups in total. The maximum Gasteiger partial charge on any atom is 0.244 e. The number of hydrogen-bond donors (Lipinski definition) is 0. The van der Waals surface area contributed by atoms with E-state index < -0.39 is 10.0 Å². The molecular weight excluding hydrogens is 396 g/mol. The van der Waals surface area contributed by atoms with E-state index in [-0.39, 0.29) is 12.5 Å². The van der Waals surface area contributed by atoms with Gasteiger partial charge in [0, 0.05) is 20.1 Å². The zero-order valence-electron chi connectivity index (χ0n) is 17.5. The number of carbonyl (C=O) groups excluding carboxylic acids is 1. The fourth-order valence-corrected chi connectivity index (χ4v) is 4.39. The summed E-state index contributed by atoms with van der Waals surface area (Å²) in [6.45, 7) is 11.0. The number of likely N-dealkylation sites (N-methyl/N-ethyl adjacent to an activating group) is 2. The normalized spacial score (nSPS) is 12.3. The second-order valence-corrected chi connectivity index (χ2v) is 10.1. The molecule has 0 radical (unpaired) electrons. The number of thiazole rings is 1. The van der Waals surface area contributed by atoms with Gasteiger partial charge in [0.05, 0.1) is 23.0 Å². The van der Waals surface area contributed by atoms with Crippen LogP contribution in [0, 0.1) is 13.8 Å². The summed E-state index contributed by atoms with van der Waals surface area (Å²) in [4.78, 5) is 21.5. The van der Waals surface area contributed by atoms with Gasteiger partial charge in [0.2, 0.25) is 15.9 Å². The van der Waals surface area contributed by atoms with E-state index in [1.807, 2.05) is 19.9 Å². The lowest BCUT2D eigenvalue weighted by atomic mass is 10.1. The molecule has 0 fully saturated rings. The number of fused-ring (bicyclic) bond motifs is 1. The summed E-state index contributed by atoms with van der Waals surface area (Å²) in [5.41, 5.74) is 3.12. The van der Waals surface area contributed by atoms with Crippen molar-refractivity contribution in [3.63, 3.8) is 0 Å². The summed E-state index contributed by atoms with van der Waals surface area (Å²) >= 11 is 1.48. The third-order valence-electron chi connectivity index (χ3n) is 4.80. The molecule has 0 unspecified atom stereocenters. The Balaban J connectivity index is 2.37. The number of carbonyl (C=O) groups is 1. The van der Waals surface area contributed by atoms with Crippen LogP contribution >= 0.6 is 11.3 Å². The monoisotopic (exact) mass is 426 g/mol. The van der Waals surface area contributed by atoms with Gasteiger partial charge in [0.25, 0.3) is 0 Å². The number of amides is 1. The number of aryl methyl sites for hydroxylation is 2. The number of benzene rings is 1. The Morgan fingerprint density at radius 2 is 1.79 bits per heavy atom. The summed E-state index contributed by atoms with van der Waals surface area (Å²) in [6.07, 6.45) is 1.10. The topological polar surface area (TPSA) is 73.8 Å². The van der Waals surface area contributed by atoms with Crippen molar-refractivity contribution in [3.05, 3.63) is 23.3 Å². The minimum atomic E-state index is -3.43. The lowest BCUT2D eigenvalue weighted by Crippen LogP contribution is -2.44. The molecule has 9 heteroatoms. The molecule has 1 amide bonds. The summed E-state index contributed by atoms with van der Waals surface area (Å²) in [5.74, 6) is -0.270. The van der Waals surface area contributed by atoms with Gasteiger partial charge in [-0.2, -0.15) is 4.31 Å². The highest BCUT2D eigenvalue weighted by molar-refractivity contribution is 7.88. The van der Waals surface area contributed by atoms with E-state index >= 15 is 0 Å². The number of anilines is 1. The van der Waals surface area contributed by atoms with Crippen molar-refractivity contribution in [1.82, 2.24) is 14.2 Å². The van der Waals surface area contributed by atoms with E-state index in [1.165, 1.54) is 18.4 Å². The summed E-state index contributed by atoms with van der Waals surface area (Å²) < 4.78 is 25.6. The number of aromatic nitrogens is 1. The van der Waals surface area contributed by atoms with Crippen molar-refractivity contribution in [3.8, 4) is 0 Å². The second kappa shape index (κ2) is 9.30. The predicted octanol–water partition coefficient (Wildman–Crippen LogP) is 2.48. The highest BCUT2D eigenvalue weighted by Gasteiger charge is 2.24. The van der Waals surface area contributed by atoms with E-state index in [0.29, 0.717) is 18.2 Å². The Hall–Kier alpha value is -1.55. The Bertz CT molecular complexity index is 936. The summed E-state index contributed by atoms with van der Waals surface area (Å²) in [6, 6.07) is 4.11. The maximum absolute atomic E-state index is 13.0. The molecule has 0 saturated heterocycles. The van der Waals surface area contributed by atoms with Crippen LogP contribution in [0.4, 0.5) is 5.13 Å². The number of nitrogens with zero attached hydrogens (tertiary/aromatic N) is 4. The Morgan fingerprint density at radius 3 is 2.36 bits per heavy atom. The van der Waals surface area contributed by atoms with E-state index in [1.54, 1.807) is 4.90 Å². The molecule has 0 aliphatic rings. The van der Waals surface area contributed by atoms with Crippen LogP contribution in [-0.2, 0) is 14.8 Å². The van der Waals surface area contributed by atoms with E-state index in [4.69, 9.17) is 4.98 Å². The highest BCUT2D eigenvalue weighted by Crippen LogP contribution is 2.32. The number of hydrogen-bond acceptors (Lipinski definition) is 6. The number of rotatable bonds is 9. The molecular formula is C19H30N4O3S2. The Labute approximate surface area is 172 Å². The van der Waals surface area contributed by atoms with E-state index in [9.17, 15) is 13.2 Å². The molecule has 0 bridgehead atoms. The molecule has 0 atom stereocenters. The fraction of sp³-hybridized carbons (Fsp3) is 0.579. The highest BCUT2D eigenvalue weighted by atomic mass is 32.2. The zero-order chi connectivity index (χ0) is 21.1. The molecule has 1 aromatic heterocycles. The molecule has 156 valence electrons. The first kappa shape index (κ1) is 22.7. The lowest BCUT2D eigenvalue weighted by molar-refractivity contribution is -0.118. The van der Waals surface area contributed by atoms with Gasteiger partial charge in [-0.1, -0.05) is 31.3 Å². The van der Waals surface area contributed by atoms with Crippen LogP contribution in [0.15, 0.2) is 12.1 Å². The van der Waals surface area contributed by atoms with Crippen LogP contribution in [-0.4, -0.2) is 74.5 Å². The third kappa shape index (κ3) is 5.50.